The van der Waals surface area contributed by atoms with Crippen molar-refractivity contribution in [2.75, 3.05) is 0 Å². The highest BCUT2D eigenvalue weighted by Gasteiger charge is 2.61. The number of ether oxygens (including phenoxy) is 1. The minimum atomic E-state index is -0.284. The van der Waals surface area contributed by atoms with Crippen molar-refractivity contribution in [1.29, 1.82) is 0 Å². The van der Waals surface area contributed by atoms with Crippen molar-refractivity contribution in [2.45, 2.75) is 71.8 Å². The molecule has 0 spiro atoms. The fourth-order valence-electron chi connectivity index (χ4n) is 6.48. The molecule has 0 N–H and O–H groups in total. The van der Waals surface area contributed by atoms with Crippen LogP contribution in [0.2, 0.25) is 0 Å². The summed E-state index contributed by atoms with van der Waals surface area (Å²) in [5, 5.41) is 0. The lowest BCUT2D eigenvalue weighted by molar-refractivity contribution is -0.149. The quantitative estimate of drug-likeness (QED) is 0.682. The largest absolute Gasteiger partial charge is 0.462 e. The molecule has 3 fully saturated rings. The van der Waals surface area contributed by atoms with Gasteiger partial charge in [-0.15, -0.1) is 0 Å². The molecule has 0 aromatic carbocycles. The van der Waals surface area contributed by atoms with Crippen LogP contribution in [0.25, 0.3) is 0 Å². The van der Waals surface area contributed by atoms with Gasteiger partial charge in [0.1, 0.15) is 11.9 Å². The monoisotopic (exact) mass is 344 g/mol. The number of esters is 1. The molecule has 0 saturated heterocycles. The first-order valence-corrected chi connectivity index (χ1v) is 9.71. The van der Waals surface area contributed by atoms with Gasteiger partial charge in [0.25, 0.3) is 0 Å². The van der Waals surface area contributed by atoms with E-state index in [1.165, 1.54) is 12.5 Å². The van der Waals surface area contributed by atoms with Crippen molar-refractivity contribution in [3.8, 4) is 0 Å². The molecule has 0 radical (unpaired) electrons. The number of carbonyl (C=O) groups is 3. The molecule has 3 saturated carbocycles. The molecule has 0 amide bonds. The van der Waals surface area contributed by atoms with Gasteiger partial charge < -0.3 is 4.74 Å². The van der Waals surface area contributed by atoms with Gasteiger partial charge in [-0.25, -0.2) is 0 Å². The van der Waals surface area contributed by atoms with Gasteiger partial charge >= 0.3 is 5.97 Å². The molecule has 4 rings (SSSR count). The van der Waals surface area contributed by atoms with E-state index in [1.807, 2.05) is 6.08 Å². The van der Waals surface area contributed by atoms with Crippen LogP contribution < -0.4 is 0 Å². The van der Waals surface area contributed by atoms with Crippen molar-refractivity contribution >= 4 is 17.5 Å². The molecule has 4 nitrogen and oxygen atoms in total. The summed E-state index contributed by atoms with van der Waals surface area (Å²) in [6, 6.07) is 0. The van der Waals surface area contributed by atoms with Gasteiger partial charge in [-0.2, -0.15) is 0 Å². The highest BCUT2D eigenvalue weighted by Crippen LogP contribution is 2.63. The van der Waals surface area contributed by atoms with E-state index in [-0.39, 0.29) is 40.5 Å². The normalized spacial score (nSPS) is 46.0. The van der Waals surface area contributed by atoms with E-state index in [2.05, 4.69) is 13.8 Å². The van der Waals surface area contributed by atoms with Gasteiger partial charge in [0.15, 0.2) is 5.78 Å². The van der Waals surface area contributed by atoms with Crippen molar-refractivity contribution in [1.82, 2.24) is 0 Å². The summed E-state index contributed by atoms with van der Waals surface area (Å²) < 4.78 is 5.42. The lowest BCUT2D eigenvalue weighted by atomic mass is 9.48. The van der Waals surface area contributed by atoms with Crippen LogP contribution in [0.15, 0.2) is 11.6 Å². The van der Waals surface area contributed by atoms with E-state index in [0.29, 0.717) is 24.5 Å². The van der Waals surface area contributed by atoms with E-state index in [4.69, 9.17) is 4.74 Å². The first-order valence-electron chi connectivity index (χ1n) is 9.71. The van der Waals surface area contributed by atoms with Crippen molar-refractivity contribution in [2.24, 2.45) is 28.6 Å². The summed E-state index contributed by atoms with van der Waals surface area (Å²) in [6.45, 7) is 5.84. The summed E-state index contributed by atoms with van der Waals surface area (Å²) >= 11 is 0. The Morgan fingerprint density at radius 3 is 2.48 bits per heavy atom. The van der Waals surface area contributed by atoms with Gasteiger partial charge in [-0.1, -0.05) is 19.4 Å². The Hall–Kier alpha value is -1.45. The molecule has 0 aromatic heterocycles. The molecule has 25 heavy (non-hydrogen) atoms. The third-order valence-electron chi connectivity index (χ3n) is 7.94. The zero-order chi connectivity index (χ0) is 18.0. The van der Waals surface area contributed by atoms with Crippen molar-refractivity contribution < 1.29 is 19.1 Å². The van der Waals surface area contributed by atoms with Gasteiger partial charge in [-0.3, -0.25) is 14.4 Å². The smallest absolute Gasteiger partial charge is 0.302 e. The average Bonchev–Trinajstić information content (AvgIpc) is 2.84. The third-order valence-corrected chi connectivity index (χ3v) is 7.94. The predicted octanol–water partition coefficient (Wildman–Crippen LogP) is 3.63. The second-order valence-corrected chi connectivity index (χ2v) is 9.12. The fourth-order valence-corrected chi connectivity index (χ4v) is 6.48. The SMILES string of the molecule is CC(=O)O[C@H]1CC[C@@]2(C)C(=CC(=O)[C@@H]3[C@H]4CCC(=O)[C@]4(C)CC[C@H]32)C1. The van der Waals surface area contributed by atoms with Crippen LogP contribution in [0, 0.1) is 28.6 Å². The topological polar surface area (TPSA) is 60.4 Å². The first kappa shape index (κ1) is 17.0. The van der Waals surface area contributed by atoms with E-state index < -0.39 is 0 Å². The second kappa shape index (κ2) is 5.52. The summed E-state index contributed by atoms with van der Waals surface area (Å²) in [4.78, 5) is 36.8. The molecular formula is C21H28O4. The molecule has 4 aliphatic rings. The third kappa shape index (κ3) is 2.36. The van der Waals surface area contributed by atoms with Crippen LogP contribution in [0.1, 0.15) is 65.7 Å². The Bertz CT molecular complexity index is 677. The number of carbonyl (C=O) groups excluding carboxylic acids is 3. The van der Waals surface area contributed by atoms with Crippen LogP contribution in [-0.2, 0) is 19.1 Å². The second-order valence-electron chi connectivity index (χ2n) is 9.12. The maximum atomic E-state index is 13.1. The van der Waals surface area contributed by atoms with Gasteiger partial charge in [0, 0.05) is 31.1 Å². The maximum absolute atomic E-state index is 13.1. The van der Waals surface area contributed by atoms with E-state index >= 15 is 0 Å². The molecule has 136 valence electrons. The average molecular weight is 344 g/mol. The summed E-state index contributed by atoms with van der Waals surface area (Å²) in [5.74, 6) is 0.888. The zero-order valence-corrected chi connectivity index (χ0v) is 15.5. The van der Waals surface area contributed by atoms with Crippen LogP contribution in [0.4, 0.5) is 0 Å². The number of rotatable bonds is 1. The predicted molar refractivity (Wildman–Crippen MR) is 92.7 cm³/mol. The molecular weight excluding hydrogens is 316 g/mol. The molecule has 4 aliphatic carbocycles. The molecule has 0 aliphatic heterocycles. The summed E-state index contributed by atoms with van der Waals surface area (Å²) in [6.07, 6.45) is 7.66. The Balaban J connectivity index is 1.67. The van der Waals surface area contributed by atoms with Crippen molar-refractivity contribution in [3.05, 3.63) is 11.6 Å². The van der Waals surface area contributed by atoms with Crippen LogP contribution >= 0.6 is 0 Å². The molecule has 0 unspecified atom stereocenters. The molecule has 4 heteroatoms. The van der Waals surface area contributed by atoms with Crippen LogP contribution in [-0.4, -0.2) is 23.6 Å². The standard InChI is InChI=1S/C21H28O4/c1-12(22)25-14-6-8-20(2)13(10-14)11-17(23)19-15-4-5-18(24)21(15,3)9-7-16(19)20/h11,14-16,19H,4-10H2,1-3H3/t14-,15+,16+,19+,20-,21+/m0/s1. The number of hydrogen-bond donors (Lipinski definition) is 0. The molecule has 0 bridgehead atoms. The number of Topliss-reactive ketones (excluding diaryl/α,β-unsaturated/α-hetero) is 1. The lowest BCUT2D eigenvalue weighted by Crippen LogP contribution is -2.53. The van der Waals surface area contributed by atoms with Gasteiger partial charge in [0.05, 0.1) is 0 Å². The molecule has 0 heterocycles. The van der Waals surface area contributed by atoms with Crippen molar-refractivity contribution in [3.63, 3.8) is 0 Å². The highest BCUT2D eigenvalue weighted by atomic mass is 16.5. The van der Waals surface area contributed by atoms with Gasteiger partial charge in [0.2, 0.25) is 0 Å². The molecule has 0 aromatic rings. The Morgan fingerprint density at radius 1 is 1.08 bits per heavy atom. The Labute approximate surface area is 149 Å². The highest BCUT2D eigenvalue weighted by molar-refractivity contribution is 5.96. The summed E-state index contributed by atoms with van der Waals surface area (Å²) in [5.41, 5.74) is 0.902. The molecule has 6 atom stereocenters. The Kier molecular flexibility index (Phi) is 3.75. The van der Waals surface area contributed by atoms with Crippen LogP contribution in [0.3, 0.4) is 0 Å². The number of ketones is 2. The van der Waals surface area contributed by atoms with E-state index in [9.17, 15) is 14.4 Å². The maximum Gasteiger partial charge on any atom is 0.302 e. The number of fused-ring (bicyclic) bond motifs is 5. The number of hydrogen-bond acceptors (Lipinski definition) is 4. The minimum absolute atomic E-state index is 0.00391. The van der Waals surface area contributed by atoms with Crippen LogP contribution in [0.5, 0.6) is 0 Å². The minimum Gasteiger partial charge on any atom is -0.462 e. The van der Waals surface area contributed by atoms with E-state index in [1.54, 1.807) is 0 Å². The zero-order valence-electron chi connectivity index (χ0n) is 15.5. The number of allylic oxidation sites excluding steroid dienone is 1. The summed E-state index contributed by atoms with van der Waals surface area (Å²) in [7, 11) is 0. The first-order chi connectivity index (χ1) is 11.8. The lowest BCUT2D eigenvalue weighted by Gasteiger charge is -2.55. The van der Waals surface area contributed by atoms with Gasteiger partial charge in [-0.05, 0) is 55.4 Å². The van der Waals surface area contributed by atoms with E-state index in [0.717, 1.165) is 32.1 Å². The fraction of sp³-hybridized carbons (Fsp3) is 0.762. The Morgan fingerprint density at radius 2 is 1.76 bits per heavy atom.